The fraction of sp³-hybridized carbons (Fsp3) is 0.778. The van der Waals surface area contributed by atoms with Crippen molar-refractivity contribution in [1.82, 2.24) is 4.90 Å². The van der Waals surface area contributed by atoms with Gasteiger partial charge in [0, 0.05) is 20.0 Å². The Morgan fingerprint density at radius 1 is 1.53 bits per heavy atom. The molecule has 1 aliphatic rings. The highest BCUT2D eigenvalue weighted by molar-refractivity contribution is 6.52. The van der Waals surface area contributed by atoms with E-state index in [1.807, 2.05) is 0 Å². The van der Waals surface area contributed by atoms with Gasteiger partial charge in [-0.1, -0.05) is 0 Å². The molecule has 0 saturated heterocycles. The minimum absolute atomic E-state index is 0.0647. The predicted molar refractivity (Wildman–Crippen MR) is 57.1 cm³/mol. The minimum atomic E-state index is -0.905. The van der Waals surface area contributed by atoms with Gasteiger partial charge < -0.3 is 10.0 Å². The lowest BCUT2D eigenvalue weighted by molar-refractivity contribution is -0.138. The van der Waals surface area contributed by atoms with E-state index in [1.165, 1.54) is 4.90 Å². The van der Waals surface area contributed by atoms with Crippen molar-refractivity contribution in [2.45, 2.75) is 23.6 Å². The summed E-state index contributed by atoms with van der Waals surface area (Å²) in [4.78, 5) is 23.3. The van der Waals surface area contributed by atoms with E-state index in [9.17, 15) is 9.59 Å². The number of halogens is 2. The van der Waals surface area contributed by atoms with Gasteiger partial charge in [0.2, 0.25) is 5.91 Å². The molecule has 0 bridgehead atoms. The number of aliphatic carboxylic acids is 1. The van der Waals surface area contributed by atoms with Gasteiger partial charge in [-0.2, -0.15) is 0 Å². The molecule has 1 fully saturated rings. The first kappa shape index (κ1) is 12.6. The molecule has 0 aromatic carbocycles. The lowest BCUT2D eigenvalue weighted by Gasteiger charge is -2.16. The zero-order valence-electron chi connectivity index (χ0n) is 8.37. The third-order valence-corrected chi connectivity index (χ3v) is 3.22. The fourth-order valence-corrected chi connectivity index (χ4v) is 1.82. The molecular formula is C9H13Cl2NO3. The Morgan fingerprint density at radius 3 is 2.47 bits per heavy atom. The third-order valence-electron chi connectivity index (χ3n) is 2.38. The van der Waals surface area contributed by atoms with Gasteiger partial charge in [-0.3, -0.25) is 9.59 Å². The van der Waals surface area contributed by atoms with Gasteiger partial charge in [0.1, 0.15) is 4.33 Å². The number of hydrogen-bond donors (Lipinski definition) is 1. The van der Waals surface area contributed by atoms with E-state index in [0.717, 1.165) is 0 Å². The molecule has 0 aromatic heterocycles. The standard InChI is InChI=1S/C9H13Cl2NO3/c1-12(4-2-3-7(13)14)8(15)6-5-9(6,10)11/h6H,2-5H2,1H3,(H,13,14). The molecule has 0 spiro atoms. The first-order valence-electron chi connectivity index (χ1n) is 4.69. The SMILES string of the molecule is CN(CCCC(=O)O)C(=O)C1CC1(Cl)Cl. The van der Waals surface area contributed by atoms with Gasteiger partial charge in [-0.15, -0.1) is 23.2 Å². The van der Waals surface area contributed by atoms with E-state index >= 15 is 0 Å². The van der Waals surface area contributed by atoms with Gasteiger partial charge >= 0.3 is 5.97 Å². The highest BCUT2D eigenvalue weighted by Crippen LogP contribution is 2.53. The zero-order valence-corrected chi connectivity index (χ0v) is 9.88. The summed E-state index contributed by atoms with van der Waals surface area (Å²) >= 11 is 11.5. The lowest BCUT2D eigenvalue weighted by Crippen LogP contribution is -2.30. The van der Waals surface area contributed by atoms with Crippen LogP contribution in [0.15, 0.2) is 0 Å². The lowest BCUT2D eigenvalue weighted by atomic mass is 10.3. The Hall–Kier alpha value is -0.480. The van der Waals surface area contributed by atoms with E-state index in [4.69, 9.17) is 28.3 Å². The predicted octanol–water partition coefficient (Wildman–Crippen LogP) is 1.50. The monoisotopic (exact) mass is 253 g/mol. The highest BCUT2D eigenvalue weighted by Gasteiger charge is 2.57. The van der Waals surface area contributed by atoms with Gasteiger partial charge in [0.25, 0.3) is 0 Å². The third kappa shape index (κ3) is 3.54. The van der Waals surface area contributed by atoms with Crippen molar-refractivity contribution in [3.63, 3.8) is 0 Å². The number of amides is 1. The normalized spacial score (nSPS) is 22.2. The Morgan fingerprint density at radius 2 is 2.07 bits per heavy atom. The van der Waals surface area contributed by atoms with Crippen LogP contribution >= 0.6 is 23.2 Å². The summed E-state index contributed by atoms with van der Waals surface area (Å²) in [5, 5.41) is 8.42. The van der Waals surface area contributed by atoms with Crippen molar-refractivity contribution in [2.24, 2.45) is 5.92 Å². The zero-order chi connectivity index (χ0) is 11.6. The minimum Gasteiger partial charge on any atom is -0.481 e. The summed E-state index contributed by atoms with van der Waals surface area (Å²) in [6.45, 7) is 0.422. The first-order valence-corrected chi connectivity index (χ1v) is 5.45. The summed E-state index contributed by atoms with van der Waals surface area (Å²) in [5.41, 5.74) is 0. The number of carbonyl (C=O) groups is 2. The van der Waals surface area contributed by atoms with Crippen molar-refractivity contribution in [2.75, 3.05) is 13.6 Å². The van der Waals surface area contributed by atoms with E-state index in [0.29, 0.717) is 19.4 Å². The van der Waals surface area contributed by atoms with Crippen molar-refractivity contribution in [3.05, 3.63) is 0 Å². The maximum Gasteiger partial charge on any atom is 0.303 e. The Balaban J connectivity index is 2.26. The molecular weight excluding hydrogens is 241 g/mol. The molecule has 1 aliphatic carbocycles. The Kier molecular flexibility index (Phi) is 3.84. The summed E-state index contributed by atoms with van der Waals surface area (Å²) in [6, 6.07) is 0. The van der Waals surface area contributed by atoms with Gasteiger partial charge in [-0.05, 0) is 12.8 Å². The summed E-state index contributed by atoms with van der Waals surface area (Å²) in [6.07, 6.45) is 0.995. The summed E-state index contributed by atoms with van der Waals surface area (Å²) in [7, 11) is 1.63. The van der Waals surface area contributed by atoms with Gasteiger partial charge in [0.15, 0.2) is 0 Å². The molecule has 1 rings (SSSR count). The van der Waals surface area contributed by atoms with E-state index in [-0.39, 0.29) is 18.2 Å². The smallest absolute Gasteiger partial charge is 0.303 e. The average molecular weight is 254 g/mol. The van der Waals surface area contributed by atoms with Crippen LogP contribution in [0.5, 0.6) is 0 Å². The maximum atomic E-state index is 11.6. The molecule has 0 heterocycles. The van der Waals surface area contributed by atoms with Crippen LogP contribution in [0.2, 0.25) is 0 Å². The molecule has 86 valence electrons. The molecule has 4 nitrogen and oxygen atoms in total. The van der Waals surface area contributed by atoms with E-state index in [1.54, 1.807) is 7.05 Å². The summed E-state index contributed by atoms with van der Waals surface area (Å²) in [5.74, 6) is -1.28. The quantitative estimate of drug-likeness (QED) is 0.756. The molecule has 0 aromatic rings. The second-order valence-electron chi connectivity index (χ2n) is 3.77. The molecule has 1 unspecified atom stereocenters. The fourth-order valence-electron chi connectivity index (χ4n) is 1.32. The molecule has 0 radical (unpaired) electrons. The molecule has 1 saturated carbocycles. The second kappa shape index (κ2) is 4.58. The van der Waals surface area contributed by atoms with Crippen LogP contribution in [0.4, 0.5) is 0 Å². The van der Waals surface area contributed by atoms with Crippen molar-refractivity contribution >= 4 is 35.1 Å². The van der Waals surface area contributed by atoms with Crippen LogP contribution < -0.4 is 0 Å². The number of alkyl halides is 2. The number of carboxylic acid groups (broad SMARTS) is 1. The van der Waals surface area contributed by atoms with Gasteiger partial charge in [-0.25, -0.2) is 0 Å². The number of nitrogens with zero attached hydrogens (tertiary/aromatic N) is 1. The van der Waals surface area contributed by atoms with Crippen LogP contribution in [0.3, 0.4) is 0 Å². The molecule has 1 amide bonds. The molecule has 15 heavy (non-hydrogen) atoms. The van der Waals surface area contributed by atoms with Crippen molar-refractivity contribution < 1.29 is 14.7 Å². The number of carbonyl (C=O) groups excluding carboxylic acids is 1. The van der Waals surface area contributed by atoms with Crippen LogP contribution in [0.1, 0.15) is 19.3 Å². The molecule has 6 heteroatoms. The average Bonchev–Trinajstić information content (AvgIpc) is 2.73. The Bertz CT molecular complexity index is 281. The number of rotatable bonds is 5. The Labute approximate surface area is 98.1 Å². The van der Waals surface area contributed by atoms with Crippen molar-refractivity contribution in [3.8, 4) is 0 Å². The van der Waals surface area contributed by atoms with E-state index < -0.39 is 10.3 Å². The molecule has 1 N–H and O–H groups in total. The first-order chi connectivity index (χ1) is 6.84. The second-order valence-corrected chi connectivity index (χ2v) is 5.32. The van der Waals surface area contributed by atoms with Crippen LogP contribution in [-0.2, 0) is 9.59 Å². The maximum absolute atomic E-state index is 11.6. The van der Waals surface area contributed by atoms with Crippen LogP contribution in [0.25, 0.3) is 0 Å². The number of carboxylic acids is 1. The van der Waals surface area contributed by atoms with E-state index in [2.05, 4.69) is 0 Å². The van der Waals surface area contributed by atoms with Gasteiger partial charge in [0.05, 0.1) is 5.92 Å². The van der Waals surface area contributed by atoms with Crippen LogP contribution in [-0.4, -0.2) is 39.8 Å². The largest absolute Gasteiger partial charge is 0.481 e. The van der Waals surface area contributed by atoms with Crippen molar-refractivity contribution in [1.29, 1.82) is 0 Å². The number of hydrogen-bond acceptors (Lipinski definition) is 2. The summed E-state index contributed by atoms with van der Waals surface area (Å²) < 4.78 is -0.905. The molecule has 0 aliphatic heterocycles. The topological polar surface area (TPSA) is 57.6 Å². The van der Waals surface area contributed by atoms with Crippen LogP contribution in [0, 0.1) is 5.92 Å². The highest BCUT2D eigenvalue weighted by atomic mass is 35.5. The molecule has 1 atom stereocenters.